The van der Waals surface area contributed by atoms with Gasteiger partial charge in [-0.1, -0.05) is 37.3 Å². The molecule has 2 aromatic rings. The summed E-state index contributed by atoms with van der Waals surface area (Å²) in [5.74, 6) is -0.444. The average molecular weight is 275 g/mol. The van der Waals surface area contributed by atoms with Gasteiger partial charge in [-0.15, -0.1) is 0 Å². The Balaban J connectivity index is 2.14. The lowest BCUT2D eigenvalue weighted by atomic mass is 10.0. The maximum absolute atomic E-state index is 13.8. The van der Waals surface area contributed by atoms with E-state index in [9.17, 15) is 8.78 Å². The molecule has 2 aromatic carbocycles. The highest BCUT2D eigenvalue weighted by molar-refractivity contribution is 5.23. The molecule has 0 aliphatic rings. The van der Waals surface area contributed by atoms with E-state index in [2.05, 4.69) is 5.32 Å². The van der Waals surface area contributed by atoms with E-state index in [0.717, 1.165) is 12.0 Å². The second-order valence-electron chi connectivity index (χ2n) is 4.92. The highest BCUT2D eigenvalue weighted by atomic mass is 19.1. The first-order valence-corrected chi connectivity index (χ1v) is 6.87. The summed E-state index contributed by atoms with van der Waals surface area (Å²) in [5, 5.41) is 3.40. The number of hydrogen-bond acceptors (Lipinski definition) is 1. The Morgan fingerprint density at radius 1 is 1.00 bits per heavy atom. The van der Waals surface area contributed by atoms with Crippen LogP contribution in [0.4, 0.5) is 8.78 Å². The third-order valence-electron chi connectivity index (χ3n) is 3.51. The van der Waals surface area contributed by atoms with Gasteiger partial charge in [-0.3, -0.25) is 0 Å². The molecule has 0 aliphatic carbocycles. The van der Waals surface area contributed by atoms with Crippen molar-refractivity contribution in [1.29, 1.82) is 0 Å². The Kier molecular flexibility index (Phi) is 4.85. The van der Waals surface area contributed by atoms with Crippen molar-refractivity contribution in [2.75, 3.05) is 0 Å². The molecule has 0 saturated carbocycles. The van der Waals surface area contributed by atoms with Crippen molar-refractivity contribution in [3.05, 3.63) is 71.3 Å². The van der Waals surface area contributed by atoms with Crippen molar-refractivity contribution in [3.63, 3.8) is 0 Å². The second kappa shape index (κ2) is 6.62. The summed E-state index contributed by atoms with van der Waals surface area (Å²) < 4.78 is 26.8. The second-order valence-corrected chi connectivity index (χ2v) is 4.92. The SMILES string of the molecule is CCC(NC(C)c1ccc(F)cc1)c1ccccc1F. The monoisotopic (exact) mass is 275 g/mol. The van der Waals surface area contributed by atoms with E-state index in [0.29, 0.717) is 5.56 Å². The van der Waals surface area contributed by atoms with E-state index in [1.165, 1.54) is 18.2 Å². The van der Waals surface area contributed by atoms with E-state index >= 15 is 0 Å². The Labute approximate surface area is 118 Å². The third-order valence-corrected chi connectivity index (χ3v) is 3.51. The van der Waals surface area contributed by atoms with Crippen LogP contribution in [0.25, 0.3) is 0 Å². The van der Waals surface area contributed by atoms with Gasteiger partial charge in [0.05, 0.1) is 0 Å². The Morgan fingerprint density at radius 3 is 2.25 bits per heavy atom. The topological polar surface area (TPSA) is 12.0 Å². The minimum Gasteiger partial charge on any atom is -0.303 e. The summed E-state index contributed by atoms with van der Waals surface area (Å²) in [6.45, 7) is 4.01. The summed E-state index contributed by atoms with van der Waals surface area (Å²) in [6, 6.07) is 13.2. The van der Waals surface area contributed by atoms with Crippen LogP contribution < -0.4 is 5.32 Å². The summed E-state index contributed by atoms with van der Waals surface area (Å²) in [5.41, 5.74) is 1.66. The Hall–Kier alpha value is -1.74. The van der Waals surface area contributed by atoms with Crippen LogP contribution in [-0.2, 0) is 0 Å². The van der Waals surface area contributed by atoms with Crippen molar-refractivity contribution in [3.8, 4) is 0 Å². The Morgan fingerprint density at radius 2 is 1.65 bits per heavy atom. The molecule has 0 spiro atoms. The zero-order chi connectivity index (χ0) is 14.5. The van der Waals surface area contributed by atoms with Gasteiger partial charge in [0, 0.05) is 17.6 Å². The predicted molar refractivity (Wildman–Crippen MR) is 77.4 cm³/mol. The van der Waals surface area contributed by atoms with Crippen LogP contribution in [0.5, 0.6) is 0 Å². The lowest BCUT2D eigenvalue weighted by molar-refractivity contribution is 0.439. The first kappa shape index (κ1) is 14.7. The molecule has 20 heavy (non-hydrogen) atoms. The summed E-state index contributed by atoms with van der Waals surface area (Å²) >= 11 is 0. The number of halogens is 2. The molecule has 0 aromatic heterocycles. The van der Waals surface area contributed by atoms with E-state index in [-0.39, 0.29) is 23.7 Å². The molecule has 0 aliphatic heterocycles. The van der Waals surface area contributed by atoms with Crippen LogP contribution in [0, 0.1) is 11.6 Å². The summed E-state index contributed by atoms with van der Waals surface area (Å²) in [4.78, 5) is 0. The molecule has 106 valence electrons. The fraction of sp³-hybridized carbons (Fsp3) is 0.294. The molecule has 0 saturated heterocycles. The molecule has 1 nitrogen and oxygen atoms in total. The zero-order valence-electron chi connectivity index (χ0n) is 11.7. The first-order valence-electron chi connectivity index (χ1n) is 6.87. The number of rotatable bonds is 5. The normalized spacial score (nSPS) is 14.0. The minimum absolute atomic E-state index is 0.0279. The molecule has 0 heterocycles. The highest BCUT2D eigenvalue weighted by Crippen LogP contribution is 2.24. The molecule has 0 fully saturated rings. The molecular formula is C17H19F2N. The van der Waals surface area contributed by atoms with Crippen LogP contribution in [0.15, 0.2) is 48.5 Å². The number of hydrogen-bond donors (Lipinski definition) is 1. The average Bonchev–Trinajstić information content (AvgIpc) is 2.46. The van der Waals surface area contributed by atoms with Gasteiger partial charge >= 0.3 is 0 Å². The molecule has 2 atom stereocenters. The fourth-order valence-electron chi connectivity index (χ4n) is 2.33. The zero-order valence-corrected chi connectivity index (χ0v) is 11.7. The standard InChI is InChI=1S/C17H19F2N/c1-3-17(15-6-4-5-7-16(15)19)20-12(2)13-8-10-14(18)11-9-13/h4-12,17,20H,3H2,1-2H3. The largest absolute Gasteiger partial charge is 0.303 e. The van der Waals surface area contributed by atoms with Gasteiger partial charge in [0.25, 0.3) is 0 Å². The first-order chi connectivity index (χ1) is 9.61. The molecule has 2 unspecified atom stereocenters. The van der Waals surface area contributed by atoms with Gasteiger partial charge in [0.1, 0.15) is 11.6 Å². The molecule has 2 rings (SSSR count). The van der Waals surface area contributed by atoms with Gasteiger partial charge in [0.15, 0.2) is 0 Å². The van der Waals surface area contributed by atoms with Gasteiger partial charge in [0.2, 0.25) is 0 Å². The number of benzene rings is 2. The van der Waals surface area contributed by atoms with E-state index in [1.807, 2.05) is 19.9 Å². The maximum atomic E-state index is 13.8. The molecule has 0 amide bonds. The van der Waals surface area contributed by atoms with Crippen LogP contribution in [0.1, 0.15) is 43.5 Å². The van der Waals surface area contributed by atoms with Crippen molar-refractivity contribution in [2.45, 2.75) is 32.4 Å². The van der Waals surface area contributed by atoms with E-state index in [1.54, 1.807) is 24.3 Å². The van der Waals surface area contributed by atoms with Crippen LogP contribution >= 0.6 is 0 Å². The Bertz CT molecular complexity index is 551. The van der Waals surface area contributed by atoms with Crippen LogP contribution in [0.3, 0.4) is 0 Å². The quantitative estimate of drug-likeness (QED) is 0.829. The van der Waals surface area contributed by atoms with Crippen LogP contribution in [0.2, 0.25) is 0 Å². The van der Waals surface area contributed by atoms with Crippen molar-refractivity contribution < 1.29 is 8.78 Å². The molecule has 1 N–H and O–H groups in total. The summed E-state index contributed by atoms with van der Waals surface area (Å²) in [6.07, 6.45) is 0.784. The third kappa shape index (κ3) is 3.42. The van der Waals surface area contributed by atoms with E-state index < -0.39 is 0 Å². The van der Waals surface area contributed by atoms with Crippen molar-refractivity contribution in [1.82, 2.24) is 5.32 Å². The number of nitrogens with one attached hydrogen (secondary N) is 1. The molecule has 0 radical (unpaired) electrons. The fourth-order valence-corrected chi connectivity index (χ4v) is 2.33. The van der Waals surface area contributed by atoms with Gasteiger partial charge in [-0.25, -0.2) is 8.78 Å². The molecular weight excluding hydrogens is 256 g/mol. The molecule has 0 bridgehead atoms. The highest BCUT2D eigenvalue weighted by Gasteiger charge is 2.16. The van der Waals surface area contributed by atoms with E-state index in [4.69, 9.17) is 0 Å². The van der Waals surface area contributed by atoms with Crippen LogP contribution in [-0.4, -0.2) is 0 Å². The lowest BCUT2D eigenvalue weighted by Gasteiger charge is -2.23. The minimum atomic E-state index is -0.248. The van der Waals surface area contributed by atoms with Gasteiger partial charge in [-0.05, 0) is 37.1 Å². The van der Waals surface area contributed by atoms with Gasteiger partial charge in [-0.2, -0.15) is 0 Å². The predicted octanol–water partition coefficient (Wildman–Crippen LogP) is 4.77. The molecule has 3 heteroatoms. The lowest BCUT2D eigenvalue weighted by Crippen LogP contribution is -2.25. The maximum Gasteiger partial charge on any atom is 0.127 e. The van der Waals surface area contributed by atoms with Crippen molar-refractivity contribution >= 4 is 0 Å². The van der Waals surface area contributed by atoms with Crippen molar-refractivity contribution in [2.24, 2.45) is 0 Å². The summed E-state index contributed by atoms with van der Waals surface area (Å²) in [7, 11) is 0. The smallest absolute Gasteiger partial charge is 0.127 e. The van der Waals surface area contributed by atoms with Gasteiger partial charge < -0.3 is 5.32 Å².